The number of urea groups is 1. The lowest BCUT2D eigenvalue weighted by molar-refractivity contribution is 0.170. The quantitative estimate of drug-likeness (QED) is 0.857. The number of nitrogens with zero attached hydrogens (tertiary/aromatic N) is 3. The molecule has 1 aromatic heterocycles. The largest absolute Gasteiger partial charge is 0.338 e. The number of carbonyl (C=O) groups excluding carboxylic acids is 1. The van der Waals surface area contributed by atoms with E-state index in [0.717, 1.165) is 38.8 Å². The highest BCUT2D eigenvalue weighted by Crippen LogP contribution is 2.22. The first-order valence-electron chi connectivity index (χ1n) is 9.36. The van der Waals surface area contributed by atoms with Gasteiger partial charge in [-0.25, -0.2) is 14.2 Å². The fraction of sp³-hybridized carbons (Fsp3) is 0.500. The molecule has 1 N–H and O–H groups in total. The van der Waals surface area contributed by atoms with Crippen molar-refractivity contribution >= 4 is 6.03 Å². The Kier molecular flexibility index (Phi) is 6.26. The van der Waals surface area contributed by atoms with Crippen molar-refractivity contribution in [2.75, 3.05) is 19.6 Å². The third-order valence-corrected chi connectivity index (χ3v) is 5.21. The van der Waals surface area contributed by atoms with Crippen molar-refractivity contribution in [2.24, 2.45) is 5.92 Å². The zero-order chi connectivity index (χ0) is 18.4. The molecule has 2 heterocycles. The molecule has 3 rings (SSSR count). The number of aromatic nitrogens is 2. The van der Waals surface area contributed by atoms with Crippen LogP contribution in [0, 0.1) is 11.7 Å². The smallest absolute Gasteiger partial charge is 0.317 e. The summed E-state index contributed by atoms with van der Waals surface area (Å²) in [5.41, 5.74) is 1.17. The Morgan fingerprint density at radius 3 is 2.69 bits per heavy atom. The highest BCUT2D eigenvalue weighted by Gasteiger charge is 2.22. The number of nitrogens with one attached hydrogen (secondary N) is 1. The lowest BCUT2D eigenvalue weighted by Gasteiger charge is -2.32. The lowest BCUT2D eigenvalue weighted by atomic mass is 9.90. The van der Waals surface area contributed by atoms with E-state index in [1.54, 1.807) is 12.5 Å². The Morgan fingerprint density at radius 2 is 2.04 bits per heavy atom. The molecule has 0 unspecified atom stereocenters. The standard InChI is InChI=1S/C20H27FN4O/c1-16(25-13-10-22-15-25)6-9-23-20(26)24-11-7-18(8-12-24)14-17-2-4-19(21)5-3-17/h2-5,10,13,15-16,18H,6-9,11-12,14H2,1H3,(H,23,26)/t16-/m0/s1. The summed E-state index contributed by atoms with van der Waals surface area (Å²) in [5, 5.41) is 3.03. The summed E-state index contributed by atoms with van der Waals surface area (Å²) < 4.78 is 15.0. The third-order valence-electron chi connectivity index (χ3n) is 5.21. The van der Waals surface area contributed by atoms with Crippen LogP contribution in [0.4, 0.5) is 9.18 Å². The van der Waals surface area contributed by atoms with Crippen molar-refractivity contribution in [1.29, 1.82) is 0 Å². The minimum absolute atomic E-state index is 0.0306. The van der Waals surface area contributed by atoms with Gasteiger partial charge < -0.3 is 14.8 Å². The molecule has 1 saturated heterocycles. The molecule has 140 valence electrons. The second-order valence-electron chi connectivity index (χ2n) is 7.14. The van der Waals surface area contributed by atoms with Crippen molar-refractivity contribution in [1.82, 2.24) is 19.8 Å². The molecule has 0 bridgehead atoms. The first kappa shape index (κ1) is 18.4. The molecule has 2 amide bonds. The van der Waals surface area contributed by atoms with Gasteiger partial charge >= 0.3 is 6.03 Å². The van der Waals surface area contributed by atoms with Crippen molar-refractivity contribution in [3.05, 3.63) is 54.4 Å². The number of piperidine rings is 1. The average Bonchev–Trinajstić information content (AvgIpc) is 3.19. The molecule has 1 fully saturated rings. The van der Waals surface area contributed by atoms with Gasteiger partial charge in [-0.2, -0.15) is 0 Å². The summed E-state index contributed by atoms with van der Waals surface area (Å²) in [6, 6.07) is 7.10. The minimum atomic E-state index is -0.192. The zero-order valence-electron chi connectivity index (χ0n) is 15.3. The number of imidazole rings is 1. The van der Waals surface area contributed by atoms with E-state index in [1.165, 1.54) is 17.7 Å². The maximum Gasteiger partial charge on any atom is 0.317 e. The van der Waals surface area contributed by atoms with Crippen LogP contribution in [0.15, 0.2) is 43.0 Å². The number of rotatable bonds is 6. The number of likely N-dealkylation sites (tertiary alicyclic amines) is 1. The van der Waals surface area contributed by atoms with Gasteiger partial charge in [-0.05, 0) is 56.2 Å². The first-order chi connectivity index (χ1) is 12.6. The van der Waals surface area contributed by atoms with Crippen molar-refractivity contribution in [2.45, 2.75) is 38.6 Å². The zero-order valence-corrected chi connectivity index (χ0v) is 15.3. The Bertz CT molecular complexity index is 678. The minimum Gasteiger partial charge on any atom is -0.338 e. The predicted octanol–water partition coefficient (Wildman–Crippen LogP) is 3.64. The van der Waals surface area contributed by atoms with Crippen LogP contribution in [0.5, 0.6) is 0 Å². The maximum atomic E-state index is 13.0. The SMILES string of the molecule is C[C@@H](CCNC(=O)N1CCC(Cc2ccc(F)cc2)CC1)n1ccnc1. The van der Waals surface area contributed by atoms with E-state index in [4.69, 9.17) is 0 Å². The molecule has 0 aliphatic carbocycles. The van der Waals surface area contributed by atoms with Crippen LogP contribution < -0.4 is 5.32 Å². The van der Waals surface area contributed by atoms with E-state index >= 15 is 0 Å². The van der Waals surface area contributed by atoms with Crippen LogP contribution in [0.25, 0.3) is 0 Å². The lowest BCUT2D eigenvalue weighted by Crippen LogP contribution is -2.45. The Hall–Kier alpha value is -2.37. The highest BCUT2D eigenvalue weighted by atomic mass is 19.1. The molecule has 1 aliphatic heterocycles. The van der Waals surface area contributed by atoms with Crippen molar-refractivity contribution in [3.63, 3.8) is 0 Å². The molecule has 2 aromatic rings. The van der Waals surface area contributed by atoms with Crippen molar-refractivity contribution < 1.29 is 9.18 Å². The monoisotopic (exact) mass is 358 g/mol. The van der Waals surface area contributed by atoms with E-state index in [9.17, 15) is 9.18 Å². The number of benzene rings is 1. The second-order valence-corrected chi connectivity index (χ2v) is 7.14. The maximum absolute atomic E-state index is 13.0. The molecule has 1 aromatic carbocycles. The van der Waals surface area contributed by atoms with E-state index in [1.807, 2.05) is 27.8 Å². The van der Waals surface area contributed by atoms with Crippen LogP contribution in [-0.2, 0) is 6.42 Å². The summed E-state index contributed by atoms with van der Waals surface area (Å²) >= 11 is 0. The molecular weight excluding hydrogens is 331 g/mol. The second kappa shape index (κ2) is 8.83. The molecule has 6 heteroatoms. The van der Waals surface area contributed by atoms with Gasteiger partial charge in [0.1, 0.15) is 5.82 Å². The molecule has 1 atom stereocenters. The molecule has 26 heavy (non-hydrogen) atoms. The van der Waals surface area contributed by atoms with Crippen LogP contribution in [0.2, 0.25) is 0 Å². The number of hydrogen-bond donors (Lipinski definition) is 1. The molecule has 5 nitrogen and oxygen atoms in total. The summed E-state index contributed by atoms with van der Waals surface area (Å²) in [6.45, 7) is 4.35. The average molecular weight is 358 g/mol. The molecular formula is C20H27FN4O. The van der Waals surface area contributed by atoms with E-state index in [-0.39, 0.29) is 11.8 Å². The number of carbonyl (C=O) groups is 1. The van der Waals surface area contributed by atoms with Crippen LogP contribution in [0.1, 0.15) is 37.8 Å². The summed E-state index contributed by atoms with van der Waals surface area (Å²) in [5.74, 6) is 0.369. The van der Waals surface area contributed by atoms with Crippen LogP contribution in [0.3, 0.4) is 0 Å². The summed E-state index contributed by atoms with van der Waals surface area (Å²) in [7, 11) is 0. The highest BCUT2D eigenvalue weighted by molar-refractivity contribution is 5.74. The molecule has 0 spiro atoms. The fourth-order valence-electron chi connectivity index (χ4n) is 3.47. The van der Waals surface area contributed by atoms with E-state index in [2.05, 4.69) is 17.2 Å². The van der Waals surface area contributed by atoms with Gasteiger partial charge in [-0.1, -0.05) is 12.1 Å². The van der Waals surface area contributed by atoms with Gasteiger partial charge in [-0.15, -0.1) is 0 Å². The van der Waals surface area contributed by atoms with Gasteiger partial charge in [0.15, 0.2) is 0 Å². The van der Waals surface area contributed by atoms with Gasteiger partial charge in [-0.3, -0.25) is 0 Å². The molecule has 0 saturated carbocycles. The van der Waals surface area contributed by atoms with Gasteiger partial charge in [0.2, 0.25) is 0 Å². The summed E-state index contributed by atoms with van der Waals surface area (Å²) in [6.07, 6.45) is 9.34. The van der Waals surface area contributed by atoms with Gasteiger partial charge in [0.25, 0.3) is 0 Å². The molecule has 0 radical (unpaired) electrons. The molecule has 1 aliphatic rings. The number of amides is 2. The fourth-order valence-corrected chi connectivity index (χ4v) is 3.47. The third kappa shape index (κ3) is 5.07. The topological polar surface area (TPSA) is 50.2 Å². The van der Waals surface area contributed by atoms with Gasteiger partial charge in [0, 0.05) is 38.1 Å². The summed E-state index contributed by atoms with van der Waals surface area (Å²) in [4.78, 5) is 18.3. The predicted molar refractivity (Wildman–Crippen MR) is 99.4 cm³/mol. The first-order valence-corrected chi connectivity index (χ1v) is 9.36. The van der Waals surface area contributed by atoms with Crippen LogP contribution >= 0.6 is 0 Å². The Morgan fingerprint density at radius 1 is 1.31 bits per heavy atom. The normalized spacial score (nSPS) is 16.5. The van der Waals surface area contributed by atoms with E-state index < -0.39 is 0 Å². The number of hydrogen-bond acceptors (Lipinski definition) is 2. The van der Waals surface area contributed by atoms with Crippen molar-refractivity contribution in [3.8, 4) is 0 Å². The Balaban J connectivity index is 1.36. The van der Waals surface area contributed by atoms with Crippen LogP contribution in [-0.4, -0.2) is 40.1 Å². The van der Waals surface area contributed by atoms with E-state index in [0.29, 0.717) is 18.5 Å². The van der Waals surface area contributed by atoms with Gasteiger partial charge in [0.05, 0.1) is 6.33 Å². The number of halogens is 1. The Labute approximate surface area is 154 Å².